The molecule has 0 aliphatic carbocycles. The van der Waals surface area contributed by atoms with Gasteiger partial charge in [-0.05, 0) is 22.9 Å². The van der Waals surface area contributed by atoms with Crippen molar-refractivity contribution in [1.29, 1.82) is 0 Å². The fourth-order valence-electron chi connectivity index (χ4n) is 1.33. The molecular weight excluding hydrogens is 344 g/mol. The number of pyridine rings is 1. The Labute approximate surface area is 130 Å². The van der Waals surface area contributed by atoms with Crippen LogP contribution in [-0.2, 0) is 4.79 Å². The van der Waals surface area contributed by atoms with Crippen molar-refractivity contribution in [2.24, 2.45) is 0 Å². The molecule has 0 aliphatic heterocycles. The van der Waals surface area contributed by atoms with Crippen LogP contribution >= 0.6 is 15.9 Å². The molecule has 9 heteroatoms. The Morgan fingerprint density at radius 1 is 1.48 bits per heavy atom. The summed E-state index contributed by atoms with van der Waals surface area (Å²) in [6, 6.07) is 0.995. The van der Waals surface area contributed by atoms with Gasteiger partial charge in [0.2, 0.25) is 0 Å². The molecule has 1 heterocycles. The van der Waals surface area contributed by atoms with E-state index in [2.05, 4.69) is 31.5 Å². The Kier molecular flexibility index (Phi) is 5.50. The van der Waals surface area contributed by atoms with Gasteiger partial charge in [-0.3, -0.25) is 5.32 Å². The minimum Gasteiger partial charge on any atom is -0.479 e. The van der Waals surface area contributed by atoms with E-state index in [0.717, 1.165) is 17.1 Å². The van der Waals surface area contributed by atoms with Crippen LogP contribution in [0.4, 0.5) is 16.3 Å². The largest absolute Gasteiger partial charge is 0.479 e. The number of halogens is 1. The molecule has 0 spiro atoms. The quantitative estimate of drug-likeness (QED) is 0.619. The van der Waals surface area contributed by atoms with E-state index in [1.807, 2.05) is 19.0 Å². The zero-order valence-electron chi connectivity index (χ0n) is 11.8. The lowest BCUT2D eigenvalue weighted by Gasteiger charge is -2.19. The number of aromatic nitrogens is 1. The molecule has 1 rings (SSSR count). The molecule has 1 atom stereocenters. The van der Waals surface area contributed by atoms with Crippen molar-refractivity contribution in [3.8, 4) is 0 Å². The minimum absolute atomic E-state index is 0.300. The van der Waals surface area contributed by atoms with Crippen LogP contribution < -0.4 is 15.5 Å². The van der Waals surface area contributed by atoms with Crippen molar-refractivity contribution >= 4 is 39.4 Å². The number of nitrogens with zero attached hydrogens (tertiary/aromatic N) is 2. The number of nitrogens with one attached hydrogen (secondary N) is 2. The SMILES string of the molecule is CN(C)c1cc(NC(=O)NCC(C)(O)C(=O)O)ncc1Br. The molecule has 1 aromatic rings. The number of carbonyl (C=O) groups is 2. The summed E-state index contributed by atoms with van der Waals surface area (Å²) in [5.41, 5.74) is -1.21. The Bertz CT molecular complexity index is 548. The third-order valence-corrected chi connectivity index (χ3v) is 3.22. The van der Waals surface area contributed by atoms with E-state index >= 15 is 0 Å². The number of carboxylic acid groups (broad SMARTS) is 1. The highest BCUT2D eigenvalue weighted by Crippen LogP contribution is 2.25. The monoisotopic (exact) mass is 360 g/mol. The van der Waals surface area contributed by atoms with Crippen LogP contribution in [0.3, 0.4) is 0 Å². The van der Waals surface area contributed by atoms with Gasteiger partial charge in [0.15, 0.2) is 5.60 Å². The maximum atomic E-state index is 11.7. The smallest absolute Gasteiger partial charge is 0.337 e. The van der Waals surface area contributed by atoms with E-state index in [1.54, 1.807) is 12.3 Å². The Balaban J connectivity index is 2.68. The van der Waals surface area contributed by atoms with Crippen molar-refractivity contribution < 1.29 is 19.8 Å². The molecule has 1 aromatic heterocycles. The first-order chi connectivity index (χ1) is 9.63. The highest BCUT2D eigenvalue weighted by atomic mass is 79.9. The molecule has 0 fully saturated rings. The van der Waals surface area contributed by atoms with Gasteiger partial charge in [0.1, 0.15) is 5.82 Å². The Morgan fingerprint density at radius 3 is 2.62 bits per heavy atom. The van der Waals surface area contributed by atoms with Crippen LogP contribution in [0.2, 0.25) is 0 Å². The second-order valence-corrected chi connectivity index (χ2v) is 5.66. The Morgan fingerprint density at radius 2 is 2.10 bits per heavy atom. The van der Waals surface area contributed by atoms with Gasteiger partial charge >= 0.3 is 12.0 Å². The standard InChI is InChI=1S/C12H17BrN4O4/c1-12(21,10(18)19)6-15-11(20)16-9-4-8(17(2)3)7(13)5-14-9/h4-5,21H,6H2,1-3H3,(H,18,19)(H2,14,15,16,20). The second-order valence-electron chi connectivity index (χ2n) is 4.80. The van der Waals surface area contributed by atoms with Gasteiger partial charge < -0.3 is 20.4 Å². The van der Waals surface area contributed by atoms with Gasteiger partial charge in [0.05, 0.1) is 16.7 Å². The van der Waals surface area contributed by atoms with Crippen molar-refractivity contribution in [3.63, 3.8) is 0 Å². The first-order valence-electron chi connectivity index (χ1n) is 5.97. The number of carbonyl (C=O) groups excluding carboxylic acids is 1. The van der Waals surface area contributed by atoms with E-state index in [0.29, 0.717) is 5.82 Å². The van der Waals surface area contributed by atoms with Crippen LogP contribution in [0.5, 0.6) is 0 Å². The molecule has 21 heavy (non-hydrogen) atoms. The predicted molar refractivity (Wildman–Crippen MR) is 81.5 cm³/mol. The molecule has 1 unspecified atom stereocenters. The number of rotatable bonds is 5. The molecule has 0 saturated heterocycles. The molecule has 0 aliphatic rings. The summed E-state index contributed by atoms with van der Waals surface area (Å²) in [5, 5.41) is 22.9. The van der Waals surface area contributed by atoms with Gasteiger partial charge in [-0.25, -0.2) is 14.6 Å². The number of urea groups is 1. The normalized spacial score (nSPS) is 13.2. The predicted octanol–water partition coefficient (Wildman–Crippen LogP) is 0.867. The summed E-state index contributed by atoms with van der Waals surface area (Å²) in [6.45, 7) is 0.670. The summed E-state index contributed by atoms with van der Waals surface area (Å²) < 4.78 is 0.771. The summed E-state index contributed by atoms with van der Waals surface area (Å²) >= 11 is 3.34. The second kappa shape index (κ2) is 6.72. The van der Waals surface area contributed by atoms with Crippen molar-refractivity contribution in [2.75, 3.05) is 30.9 Å². The highest BCUT2D eigenvalue weighted by Gasteiger charge is 2.30. The average molecular weight is 361 g/mol. The van der Waals surface area contributed by atoms with Gasteiger partial charge in [-0.15, -0.1) is 0 Å². The zero-order chi connectivity index (χ0) is 16.2. The lowest BCUT2D eigenvalue weighted by Crippen LogP contribution is -2.47. The number of anilines is 2. The highest BCUT2D eigenvalue weighted by molar-refractivity contribution is 9.10. The van der Waals surface area contributed by atoms with Crippen LogP contribution in [0, 0.1) is 0 Å². The van der Waals surface area contributed by atoms with Crippen LogP contribution in [0.15, 0.2) is 16.7 Å². The first kappa shape index (κ1) is 17.2. The van der Waals surface area contributed by atoms with Crippen LogP contribution in [-0.4, -0.2) is 53.4 Å². The molecular formula is C12H17BrN4O4. The zero-order valence-corrected chi connectivity index (χ0v) is 13.4. The molecule has 116 valence electrons. The lowest BCUT2D eigenvalue weighted by atomic mass is 10.1. The van der Waals surface area contributed by atoms with E-state index in [9.17, 15) is 14.7 Å². The molecule has 0 aromatic carbocycles. The summed E-state index contributed by atoms with van der Waals surface area (Å²) in [5.74, 6) is -1.12. The molecule has 4 N–H and O–H groups in total. The minimum atomic E-state index is -2.03. The number of amides is 2. The molecule has 8 nitrogen and oxygen atoms in total. The maximum Gasteiger partial charge on any atom is 0.337 e. The average Bonchev–Trinajstić information content (AvgIpc) is 2.38. The Hall–Kier alpha value is -1.87. The van der Waals surface area contributed by atoms with Gasteiger partial charge in [-0.2, -0.15) is 0 Å². The third kappa shape index (κ3) is 4.87. The maximum absolute atomic E-state index is 11.7. The number of hydrogen-bond acceptors (Lipinski definition) is 5. The van der Waals surface area contributed by atoms with Crippen molar-refractivity contribution in [1.82, 2.24) is 10.3 Å². The molecule has 0 saturated carbocycles. The fourth-order valence-corrected chi connectivity index (χ4v) is 1.90. The van der Waals surface area contributed by atoms with E-state index in [-0.39, 0.29) is 0 Å². The number of hydrogen-bond donors (Lipinski definition) is 4. The first-order valence-corrected chi connectivity index (χ1v) is 6.76. The van der Waals surface area contributed by atoms with Crippen molar-refractivity contribution in [3.05, 3.63) is 16.7 Å². The topological polar surface area (TPSA) is 115 Å². The molecule has 2 amide bonds. The van der Waals surface area contributed by atoms with Gasteiger partial charge in [0, 0.05) is 26.4 Å². The van der Waals surface area contributed by atoms with Gasteiger partial charge in [-0.1, -0.05) is 0 Å². The molecule has 0 radical (unpaired) electrons. The number of aliphatic carboxylic acids is 1. The number of carboxylic acids is 1. The third-order valence-electron chi connectivity index (χ3n) is 2.61. The van der Waals surface area contributed by atoms with E-state index in [1.165, 1.54) is 0 Å². The van der Waals surface area contributed by atoms with Crippen LogP contribution in [0.25, 0.3) is 0 Å². The van der Waals surface area contributed by atoms with E-state index in [4.69, 9.17) is 5.11 Å². The molecule has 0 bridgehead atoms. The summed E-state index contributed by atoms with van der Waals surface area (Å²) in [4.78, 5) is 28.2. The van der Waals surface area contributed by atoms with Crippen molar-refractivity contribution in [2.45, 2.75) is 12.5 Å². The lowest BCUT2D eigenvalue weighted by molar-refractivity contribution is -0.155. The summed E-state index contributed by atoms with van der Waals surface area (Å²) in [6.07, 6.45) is 1.54. The summed E-state index contributed by atoms with van der Waals surface area (Å²) in [7, 11) is 3.68. The van der Waals surface area contributed by atoms with Crippen LogP contribution in [0.1, 0.15) is 6.92 Å². The van der Waals surface area contributed by atoms with E-state index < -0.39 is 24.1 Å². The number of aliphatic hydroxyl groups is 1. The fraction of sp³-hybridized carbons (Fsp3) is 0.417. The van der Waals surface area contributed by atoms with Gasteiger partial charge in [0.25, 0.3) is 0 Å².